The van der Waals surface area contributed by atoms with Crippen molar-refractivity contribution in [2.75, 3.05) is 19.5 Å². The molecule has 0 aliphatic rings. The first-order valence-electron chi connectivity index (χ1n) is 12.4. The van der Waals surface area contributed by atoms with Gasteiger partial charge in [0.05, 0.1) is 14.2 Å². The molecule has 0 saturated heterocycles. The number of amides is 3. The van der Waals surface area contributed by atoms with E-state index < -0.39 is 23.8 Å². The van der Waals surface area contributed by atoms with E-state index >= 15 is 0 Å². The van der Waals surface area contributed by atoms with E-state index in [1.807, 2.05) is 42.5 Å². The number of hydrogen-bond acceptors (Lipinski definition) is 6. The summed E-state index contributed by atoms with van der Waals surface area (Å²) in [7, 11) is 3.08. The number of hydrogen-bond donors (Lipinski definition) is 4. The molecule has 40 heavy (non-hydrogen) atoms. The van der Waals surface area contributed by atoms with E-state index in [0.29, 0.717) is 22.7 Å². The predicted molar refractivity (Wildman–Crippen MR) is 152 cm³/mol. The van der Waals surface area contributed by atoms with Gasteiger partial charge in [0.1, 0.15) is 17.5 Å². The van der Waals surface area contributed by atoms with Gasteiger partial charge in [0, 0.05) is 29.3 Å². The smallest absolute Gasteiger partial charge is 0.274 e. The number of ether oxygens (including phenoxy) is 2. The zero-order valence-electron chi connectivity index (χ0n) is 22.0. The van der Waals surface area contributed by atoms with E-state index in [1.165, 1.54) is 37.5 Å². The van der Waals surface area contributed by atoms with Crippen LogP contribution in [-0.2, 0) is 16.0 Å². The van der Waals surface area contributed by atoms with Crippen LogP contribution in [0.3, 0.4) is 0 Å². The van der Waals surface area contributed by atoms with Gasteiger partial charge in [-0.3, -0.25) is 19.6 Å². The molecule has 1 atom stereocenters. The molecule has 0 radical (unpaired) electrons. The molecule has 9 nitrogen and oxygen atoms in total. The van der Waals surface area contributed by atoms with Crippen molar-refractivity contribution in [2.45, 2.75) is 12.5 Å². The minimum atomic E-state index is -0.921. The summed E-state index contributed by atoms with van der Waals surface area (Å²) in [6.45, 7) is 0. The van der Waals surface area contributed by atoms with E-state index in [-0.39, 0.29) is 12.0 Å². The van der Waals surface area contributed by atoms with E-state index in [1.54, 1.807) is 36.9 Å². The molecule has 0 unspecified atom stereocenters. The second kappa shape index (κ2) is 13.1. The van der Waals surface area contributed by atoms with Gasteiger partial charge in [-0.2, -0.15) is 0 Å². The highest BCUT2D eigenvalue weighted by molar-refractivity contribution is 6.01. The topological polar surface area (TPSA) is 126 Å². The fourth-order valence-electron chi connectivity index (χ4n) is 4.25. The number of nitrogens with one attached hydrogen (secondary N) is 3. The average Bonchev–Trinajstić information content (AvgIpc) is 2.99. The van der Waals surface area contributed by atoms with Gasteiger partial charge in [-0.1, -0.05) is 42.5 Å². The van der Waals surface area contributed by atoms with Gasteiger partial charge in [0.2, 0.25) is 11.8 Å². The summed E-state index contributed by atoms with van der Waals surface area (Å²) in [5, 5.41) is 16.4. The molecule has 0 aliphatic heterocycles. The number of fused-ring (bicyclic) bond motifs is 1. The minimum Gasteiger partial charge on any atom is -0.497 e. The van der Waals surface area contributed by atoms with E-state index in [0.717, 1.165) is 16.3 Å². The van der Waals surface area contributed by atoms with Crippen LogP contribution in [0.5, 0.6) is 11.5 Å². The van der Waals surface area contributed by atoms with Crippen molar-refractivity contribution < 1.29 is 29.1 Å². The molecule has 0 fully saturated rings. The molecule has 0 aliphatic carbocycles. The number of carbonyl (C=O) groups is 3. The third-order valence-electron chi connectivity index (χ3n) is 6.30. The third-order valence-corrected chi connectivity index (χ3v) is 6.30. The van der Waals surface area contributed by atoms with Gasteiger partial charge in [-0.25, -0.2) is 5.48 Å². The summed E-state index contributed by atoms with van der Waals surface area (Å²) >= 11 is 0. The second-order valence-electron chi connectivity index (χ2n) is 8.85. The van der Waals surface area contributed by atoms with Gasteiger partial charge < -0.3 is 20.1 Å². The molecule has 0 bridgehead atoms. The monoisotopic (exact) mass is 539 g/mol. The Kier molecular flexibility index (Phi) is 9.11. The first kappa shape index (κ1) is 27.9. The van der Waals surface area contributed by atoms with Crippen LogP contribution in [0.2, 0.25) is 0 Å². The maximum atomic E-state index is 13.4. The number of carbonyl (C=O) groups excluding carboxylic acids is 3. The molecule has 0 heterocycles. The van der Waals surface area contributed by atoms with Crippen LogP contribution in [0.25, 0.3) is 16.8 Å². The highest BCUT2D eigenvalue weighted by Crippen LogP contribution is 2.25. The van der Waals surface area contributed by atoms with Gasteiger partial charge in [0.15, 0.2) is 0 Å². The maximum Gasteiger partial charge on any atom is 0.274 e. The molecule has 0 spiro atoms. The number of benzene rings is 4. The van der Waals surface area contributed by atoms with Crippen LogP contribution in [-0.4, -0.2) is 43.2 Å². The molecule has 4 rings (SSSR count). The van der Waals surface area contributed by atoms with Gasteiger partial charge in [-0.15, -0.1) is 0 Å². The molecule has 3 amide bonds. The second-order valence-corrected chi connectivity index (χ2v) is 8.85. The molecule has 9 heteroatoms. The Labute approximate surface area is 231 Å². The van der Waals surface area contributed by atoms with Gasteiger partial charge in [-0.05, 0) is 64.9 Å². The SMILES string of the molecule is COc1ccc(OC)c(/C=C/C(=O)N[C@@H](Cc2cccc3ccccc23)C(=O)Nc2ccc(C(=O)NO)cc2)c1. The summed E-state index contributed by atoms with van der Waals surface area (Å²) in [5.41, 5.74) is 3.74. The highest BCUT2D eigenvalue weighted by atomic mass is 16.5. The van der Waals surface area contributed by atoms with Crippen molar-refractivity contribution in [1.82, 2.24) is 10.8 Å². The van der Waals surface area contributed by atoms with Crippen molar-refractivity contribution in [3.05, 3.63) is 108 Å². The van der Waals surface area contributed by atoms with E-state index in [9.17, 15) is 14.4 Å². The van der Waals surface area contributed by atoms with Crippen LogP contribution in [0.4, 0.5) is 5.69 Å². The van der Waals surface area contributed by atoms with Gasteiger partial charge >= 0.3 is 0 Å². The van der Waals surface area contributed by atoms with Crippen molar-refractivity contribution in [3.63, 3.8) is 0 Å². The summed E-state index contributed by atoms with van der Waals surface area (Å²) in [4.78, 5) is 38.1. The normalized spacial score (nSPS) is 11.6. The Balaban J connectivity index is 1.58. The molecule has 4 N–H and O–H groups in total. The maximum absolute atomic E-state index is 13.4. The molecule has 4 aromatic carbocycles. The van der Waals surface area contributed by atoms with Crippen LogP contribution < -0.4 is 25.6 Å². The third kappa shape index (κ3) is 6.83. The Hall–Kier alpha value is -5.15. The summed E-state index contributed by atoms with van der Waals surface area (Å²) < 4.78 is 10.6. The number of rotatable bonds is 10. The molecular weight excluding hydrogens is 510 g/mol. The standard InChI is InChI=1S/C31H29N3O6/c1-39-25-15-16-28(40-2)23(18-25)12-17-29(35)33-27(19-22-8-5-7-20-6-3-4-9-26(20)22)31(37)32-24-13-10-21(11-14-24)30(36)34-38/h3-18,27,38H,19H2,1-2H3,(H,32,37)(H,33,35)(H,34,36)/b17-12+/t27-/m0/s1. The van der Waals surface area contributed by atoms with Crippen molar-refractivity contribution in [1.29, 1.82) is 0 Å². The number of methoxy groups -OCH3 is 2. The van der Waals surface area contributed by atoms with E-state index in [2.05, 4.69) is 10.6 Å². The van der Waals surface area contributed by atoms with Crippen molar-refractivity contribution >= 4 is 40.3 Å². The molecule has 4 aromatic rings. The Morgan fingerprint density at radius 2 is 1.65 bits per heavy atom. The highest BCUT2D eigenvalue weighted by Gasteiger charge is 2.22. The summed E-state index contributed by atoms with van der Waals surface area (Å²) in [6, 6.07) is 24.0. The number of hydroxylamine groups is 1. The zero-order chi connectivity index (χ0) is 28.5. The van der Waals surface area contributed by atoms with Crippen molar-refractivity contribution in [2.24, 2.45) is 0 Å². The lowest BCUT2D eigenvalue weighted by Crippen LogP contribution is -2.44. The molecule has 204 valence electrons. The van der Waals surface area contributed by atoms with Crippen LogP contribution in [0, 0.1) is 0 Å². The van der Waals surface area contributed by atoms with Crippen molar-refractivity contribution in [3.8, 4) is 11.5 Å². The van der Waals surface area contributed by atoms with E-state index in [4.69, 9.17) is 14.7 Å². The average molecular weight is 540 g/mol. The first-order chi connectivity index (χ1) is 19.4. The van der Waals surface area contributed by atoms with Crippen LogP contribution in [0.1, 0.15) is 21.5 Å². The lowest BCUT2D eigenvalue weighted by Gasteiger charge is -2.19. The van der Waals surface area contributed by atoms with Crippen LogP contribution >= 0.6 is 0 Å². The zero-order valence-corrected chi connectivity index (χ0v) is 22.0. The fourth-order valence-corrected chi connectivity index (χ4v) is 4.25. The largest absolute Gasteiger partial charge is 0.497 e. The lowest BCUT2D eigenvalue weighted by molar-refractivity contribution is -0.123. The molecule has 0 saturated carbocycles. The Morgan fingerprint density at radius 3 is 2.38 bits per heavy atom. The Bertz CT molecular complexity index is 1540. The Morgan fingerprint density at radius 1 is 0.900 bits per heavy atom. The fraction of sp³-hybridized carbons (Fsp3) is 0.129. The minimum absolute atomic E-state index is 0.221. The first-order valence-corrected chi connectivity index (χ1v) is 12.4. The summed E-state index contributed by atoms with van der Waals surface area (Å²) in [6.07, 6.45) is 3.16. The van der Waals surface area contributed by atoms with Gasteiger partial charge in [0.25, 0.3) is 5.91 Å². The van der Waals surface area contributed by atoms with Crippen LogP contribution in [0.15, 0.2) is 91.0 Å². The predicted octanol–water partition coefficient (Wildman–Crippen LogP) is 4.36. The number of anilines is 1. The molecular formula is C31H29N3O6. The quantitative estimate of drug-likeness (QED) is 0.135. The lowest BCUT2D eigenvalue weighted by atomic mass is 9.98. The molecule has 0 aromatic heterocycles. The summed E-state index contributed by atoms with van der Waals surface area (Å²) in [5.74, 6) is -0.406.